The zero-order chi connectivity index (χ0) is 13.3. The maximum atomic E-state index is 11.4. The summed E-state index contributed by atoms with van der Waals surface area (Å²) in [5.74, 6) is 0. The molecule has 1 aliphatic heterocycles. The molecule has 6 nitrogen and oxygen atoms in total. The first-order chi connectivity index (χ1) is 8.36. The van der Waals surface area contributed by atoms with Crippen molar-refractivity contribution in [2.45, 2.75) is 17.9 Å². The Morgan fingerprint density at radius 2 is 2.11 bits per heavy atom. The topological polar surface area (TPSA) is 98.6 Å². The number of morpholine rings is 1. The molecular formula is C11H17N3O3S. The minimum atomic E-state index is -3.74. The second-order valence-electron chi connectivity index (χ2n) is 4.43. The van der Waals surface area contributed by atoms with Gasteiger partial charge in [-0.05, 0) is 25.1 Å². The van der Waals surface area contributed by atoms with E-state index in [0.29, 0.717) is 25.4 Å². The number of nitrogens with zero attached hydrogens (tertiary/aromatic N) is 1. The summed E-state index contributed by atoms with van der Waals surface area (Å²) in [6.45, 7) is 3.99. The van der Waals surface area contributed by atoms with E-state index >= 15 is 0 Å². The Morgan fingerprint density at radius 1 is 1.39 bits per heavy atom. The molecule has 7 heteroatoms. The van der Waals surface area contributed by atoms with Crippen LogP contribution in [-0.2, 0) is 14.8 Å². The van der Waals surface area contributed by atoms with Crippen LogP contribution in [0, 0.1) is 0 Å². The van der Waals surface area contributed by atoms with Crippen LogP contribution in [0.1, 0.15) is 6.92 Å². The fraction of sp³-hybridized carbons (Fsp3) is 0.455. The van der Waals surface area contributed by atoms with E-state index in [1.807, 2.05) is 11.8 Å². The third-order valence-corrected chi connectivity index (χ3v) is 3.74. The molecular weight excluding hydrogens is 254 g/mol. The molecule has 1 atom stereocenters. The van der Waals surface area contributed by atoms with Crippen LogP contribution >= 0.6 is 0 Å². The molecule has 4 N–H and O–H groups in total. The molecule has 0 spiro atoms. The summed E-state index contributed by atoms with van der Waals surface area (Å²) < 4.78 is 28.2. The number of sulfonamides is 1. The van der Waals surface area contributed by atoms with E-state index in [2.05, 4.69) is 0 Å². The van der Waals surface area contributed by atoms with Crippen LogP contribution in [-0.4, -0.2) is 34.2 Å². The van der Waals surface area contributed by atoms with Crippen molar-refractivity contribution in [2.75, 3.05) is 30.3 Å². The zero-order valence-corrected chi connectivity index (χ0v) is 11.0. The standard InChI is InChI=1S/C11H17N3O3S/c1-8-7-14(2-3-17-8)10-4-9(12)5-11(6-10)18(13,15)16/h4-6,8H,2-3,7,12H2,1H3,(H2,13,15,16). The zero-order valence-electron chi connectivity index (χ0n) is 10.2. The molecule has 0 radical (unpaired) electrons. The Bertz CT molecular complexity index is 544. The first kappa shape index (κ1) is 13.1. The highest BCUT2D eigenvalue weighted by Gasteiger charge is 2.19. The Kier molecular flexibility index (Phi) is 3.47. The lowest BCUT2D eigenvalue weighted by atomic mass is 10.2. The second kappa shape index (κ2) is 4.75. The normalized spacial score (nSPS) is 21.0. The number of hydrogen-bond donors (Lipinski definition) is 2. The average Bonchev–Trinajstić information content (AvgIpc) is 2.27. The monoisotopic (exact) mass is 271 g/mol. The second-order valence-corrected chi connectivity index (χ2v) is 5.99. The molecule has 1 aliphatic rings. The van der Waals surface area contributed by atoms with Gasteiger partial charge in [-0.25, -0.2) is 13.6 Å². The summed E-state index contributed by atoms with van der Waals surface area (Å²) in [6, 6.07) is 4.65. The van der Waals surface area contributed by atoms with Gasteiger partial charge in [-0.15, -0.1) is 0 Å². The number of benzene rings is 1. The predicted molar refractivity (Wildman–Crippen MR) is 69.9 cm³/mol. The number of ether oxygens (including phenoxy) is 1. The Labute approximate surface area is 107 Å². The van der Waals surface area contributed by atoms with E-state index in [-0.39, 0.29) is 11.0 Å². The minimum Gasteiger partial charge on any atom is -0.399 e. The smallest absolute Gasteiger partial charge is 0.238 e. The largest absolute Gasteiger partial charge is 0.399 e. The molecule has 2 rings (SSSR count). The molecule has 1 aromatic rings. The molecule has 1 fully saturated rings. The van der Waals surface area contributed by atoms with E-state index in [1.165, 1.54) is 6.07 Å². The molecule has 1 aromatic carbocycles. The van der Waals surface area contributed by atoms with Crippen molar-refractivity contribution in [3.8, 4) is 0 Å². The van der Waals surface area contributed by atoms with Gasteiger partial charge in [0.2, 0.25) is 10.0 Å². The third-order valence-electron chi connectivity index (χ3n) is 2.85. The van der Waals surface area contributed by atoms with Gasteiger partial charge in [0.05, 0.1) is 17.6 Å². The first-order valence-electron chi connectivity index (χ1n) is 5.66. The SMILES string of the molecule is CC1CN(c2cc(N)cc(S(N)(=O)=O)c2)CCO1. The Hall–Kier alpha value is -1.31. The summed E-state index contributed by atoms with van der Waals surface area (Å²) in [5.41, 5.74) is 6.86. The highest BCUT2D eigenvalue weighted by Crippen LogP contribution is 2.24. The minimum absolute atomic E-state index is 0.0386. The number of primary sulfonamides is 1. The molecule has 18 heavy (non-hydrogen) atoms. The summed E-state index contributed by atoms with van der Waals surface area (Å²) in [5, 5.41) is 5.12. The van der Waals surface area contributed by atoms with Gasteiger partial charge in [-0.1, -0.05) is 0 Å². The summed E-state index contributed by atoms with van der Waals surface area (Å²) in [6.07, 6.45) is 0.109. The first-order valence-corrected chi connectivity index (χ1v) is 7.21. The van der Waals surface area contributed by atoms with E-state index in [0.717, 1.165) is 5.69 Å². The number of nitrogens with two attached hydrogens (primary N) is 2. The van der Waals surface area contributed by atoms with Crippen LogP contribution in [0.4, 0.5) is 11.4 Å². The number of hydrogen-bond acceptors (Lipinski definition) is 5. The molecule has 1 unspecified atom stereocenters. The lowest BCUT2D eigenvalue weighted by Gasteiger charge is -2.33. The van der Waals surface area contributed by atoms with Crippen molar-refractivity contribution < 1.29 is 13.2 Å². The van der Waals surface area contributed by atoms with E-state index < -0.39 is 10.0 Å². The van der Waals surface area contributed by atoms with Crippen molar-refractivity contribution in [3.63, 3.8) is 0 Å². The highest BCUT2D eigenvalue weighted by molar-refractivity contribution is 7.89. The molecule has 0 bridgehead atoms. The Morgan fingerprint density at radius 3 is 2.72 bits per heavy atom. The van der Waals surface area contributed by atoms with Gasteiger partial charge in [-0.3, -0.25) is 0 Å². The van der Waals surface area contributed by atoms with Crippen LogP contribution in [0.15, 0.2) is 23.1 Å². The van der Waals surface area contributed by atoms with Gasteiger partial charge in [0.1, 0.15) is 0 Å². The molecule has 0 aromatic heterocycles. The number of anilines is 2. The van der Waals surface area contributed by atoms with Gasteiger partial charge < -0.3 is 15.4 Å². The molecule has 1 heterocycles. The molecule has 100 valence electrons. The molecule has 1 saturated heterocycles. The number of rotatable bonds is 2. The van der Waals surface area contributed by atoms with Crippen LogP contribution in [0.25, 0.3) is 0 Å². The third kappa shape index (κ3) is 2.92. The van der Waals surface area contributed by atoms with Gasteiger partial charge in [-0.2, -0.15) is 0 Å². The van der Waals surface area contributed by atoms with Crippen molar-refractivity contribution in [1.29, 1.82) is 0 Å². The summed E-state index contributed by atoms with van der Waals surface area (Å²) in [7, 11) is -3.74. The Balaban J connectivity index is 2.36. The van der Waals surface area contributed by atoms with Crippen LogP contribution in [0.2, 0.25) is 0 Å². The van der Waals surface area contributed by atoms with E-state index in [4.69, 9.17) is 15.6 Å². The predicted octanol–water partition coefficient (Wildman–Crippen LogP) is 0.141. The maximum Gasteiger partial charge on any atom is 0.238 e. The van der Waals surface area contributed by atoms with Gasteiger partial charge in [0.15, 0.2) is 0 Å². The van der Waals surface area contributed by atoms with Crippen LogP contribution in [0.3, 0.4) is 0 Å². The van der Waals surface area contributed by atoms with E-state index in [9.17, 15) is 8.42 Å². The van der Waals surface area contributed by atoms with Crippen LogP contribution < -0.4 is 15.8 Å². The van der Waals surface area contributed by atoms with Gasteiger partial charge in [0, 0.05) is 24.5 Å². The van der Waals surface area contributed by atoms with Crippen molar-refractivity contribution in [1.82, 2.24) is 0 Å². The van der Waals surface area contributed by atoms with Crippen molar-refractivity contribution in [3.05, 3.63) is 18.2 Å². The molecule has 0 amide bonds. The fourth-order valence-electron chi connectivity index (χ4n) is 2.01. The van der Waals surface area contributed by atoms with Crippen LogP contribution in [0.5, 0.6) is 0 Å². The maximum absolute atomic E-state index is 11.4. The van der Waals surface area contributed by atoms with Gasteiger partial charge >= 0.3 is 0 Å². The lowest BCUT2D eigenvalue weighted by Crippen LogP contribution is -2.41. The highest BCUT2D eigenvalue weighted by atomic mass is 32.2. The fourth-order valence-corrected chi connectivity index (χ4v) is 2.59. The lowest BCUT2D eigenvalue weighted by molar-refractivity contribution is 0.0532. The molecule has 0 saturated carbocycles. The average molecular weight is 271 g/mol. The quantitative estimate of drug-likeness (QED) is 0.746. The summed E-state index contributed by atoms with van der Waals surface area (Å²) in [4.78, 5) is 2.08. The van der Waals surface area contributed by atoms with Gasteiger partial charge in [0.25, 0.3) is 0 Å². The van der Waals surface area contributed by atoms with Crippen molar-refractivity contribution in [2.24, 2.45) is 5.14 Å². The van der Waals surface area contributed by atoms with E-state index in [1.54, 1.807) is 12.1 Å². The number of nitrogen functional groups attached to an aromatic ring is 1. The van der Waals surface area contributed by atoms with Crippen molar-refractivity contribution >= 4 is 21.4 Å². The summed E-state index contributed by atoms with van der Waals surface area (Å²) >= 11 is 0. The molecule has 0 aliphatic carbocycles.